The van der Waals surface area contributed by atoms with Crippen molar-refractivity contribution in [1.82, 2.24) is 5.32 Å². The third kappa shape index (κ3) is 5.65. The molecule has 0 aromatic heterocycles. The highest BCUT2D eigenvalue weighted by molar-refractivity contribution is 6.06. The van der Waals surface area contributed by atoms with Gasteiger partial charge in [0.15, 0.2) is 5.78 Å². The zero-order valence-electron chi connectivity index (χ0n) is 14.1. The summed E-state index contributed by atoms with van der Waals surface area (Å²) in [7, 11) is 3.31. The van der Waals surface area contributed by atoms with Crippen LogP contribution in [-0.2, 0) is 11.3 Å². The molecule has 0 atom stereocenters. The number of methoxy groups -OCH3 is 2. The van der Waals surface area contributed by atoms with Crippen molar-refractivity contribution in [2.75, 3.05) is 27.4 Å². The van der Waals surface area contributed by atoms with Crippen molar-refractivity contribution in [3.8, 4) is 5.75 Å². The minimum atomic E-state index is -0.00967. The Morgan fingerprint density at radius 3 is 2.62 bits per heavy atom. The number of benzene rings is 2. The Bertz CT molecular complexity index is 678. The van der Waals surface area contributed by atoms with Gasteiger partial charge in [0, 0.05) is 25.8 Å². The molecule has 0 heterocycles. The predicted molar refractivity (Wildman–Crippen MR) is 96.4 cm³/mol. The molecule has 0 unspecified atom stereocenters. The van der Waals surface area contributed by atoms with E-state index in [-0.39, 0.29) is 5.78 Å². The molecule has 4 nitrogen and oxygen atoms in total. The predicted octanol–water partition coefficient (Wildman–Crippen LogP) is 3.33. The Hall–Kier alpha value is -2.43. The Labute approximate surface area is 143 Å². The molecule has 0 aliphatic rings. The van der Waals surface area contributed by atoms with Crippen LogP contribution < -0.4 is 10.1 Å². The molecule has 0 radical (unpaired) electrons. The summed E-state index contributed by atoms with van der Waals surface area (Å²) in [6.45, 7) is 2.17. The first-order valence-electron chi connectivity index (χ1n) is 7.88. The number of nitrogens with one attached hydrogen (secondary N) is 1. The lowest BCUT2D eigenvalue weighted by Crippen LogP contribution is -2.18. The lowest BCUT2D eigenvalue weighted by Gasteiger charge is -2.05. The Morgan fingerprint density at radius 1 is 1.12 bits per heavy atom. The number of ether oxygens (including phenoxy) is 2. The largest absolute Gasteiger partial charge is 0.497 e. The van der Waals surface area contributed by atoms with Gasteiger partial charge in [0.1, 0.15) is 5.75 Å². The molecule has 0 saturated heterocycles. The van der Waals surface area contributed by atoms with Crippen LogP contribution in [0.5, 0.6) is 5.75 Å². The summed E-state index contributed by atoms with van der Waals surface area (Å²) in [5.74, 6) is 0.789. The van der Waals surface area contributed by atoms with Crippen molar-refractivity contribution in [2.45, 2.75) is 6.54 Å². The van der Waals surface area contributed by atoms with E-state index in [0.29, 0.717) is 18.7 Å². The smallest absolute Gasteiger partial charge is 0.185 e. The number of hydrogen-bond acceptors (Lipinski definition) is 4. The topological polar surface area (TPSA) is 47.6 Å². The molecule has 0 aliphatic heterocycles. The van der Waals surface area contributed by atoms with Crippen LogP contribution in [0.15, 0.2) is 54.6 Å². The second kappa shape index (κ2) is 9.65. The maximum atomic E-state index is 12.3. The van der Waals surface area contributed by atoms with E-state index < -0.39 is 0 Å². The van der Waals surface area contributed by atoms with Crippen molar-refractivity contribution >= 4 is 11.9 Å². The maximum absolute atomic E-state index is 12.3. The summed E-state index contributed by atoms with van der Waals surface area (Å²) in [5.41, 5.74) is 2.72. The summed E-state index contributed by atoms with van der Waals surface area (Å²) >= 11 is 0. The standard InChI is InChI=1S/C20H23NO3/c1-23-13-12-21-15-17-4-3-5-18(14-17)20(22)11-8-16-6-9-19(24-2)10-7-16/h3-11,14,21H,12-13,15H2,1-2H3. The van der Waals surface area contributed by atoms with Crippen molar-refractivity contribution in [3.05, 3.63) is 71.3 Å². The second-order valence-electron chi connectivity index (χ2n) is 5.34. The highest BCUT2D eigenvalue weighted by Crippen LogP contribution is 2.13. The minimum absolute atomic E-state index is 0.00967. The molecular weight excluding hydrogens is 302 g/mol. The van der Waals surface area contributed by atoms with Gasteiger partial charge in [-0.1, -0.05) is 36.4 Å². The Kier molecular flexibility index (Phi) is 7.21. The van der Waals surface area contributed by atoms with E-state index in [9.17, 15) is 4.79 Å². The summed E-state index contributed by atoms with van der Waals surface area (Å²) < 4.78 is 10.1. The normalized spacial score (nSPS) is 10.9. The minimum Gasteiger partial charge on any atom is -0.497 e. The van der Waals surface area contributed by atoms with E-state index in [2.05, 4.69) is 5.32 Å². The van der Waals surface area contributed by atoms with Gasteiger partial charge in [0.25, 0.3) is 0 Å². The monoisotopic (exact) mass is 325 g/mol. The van der Waals surface area contributed by atoms with Gasteiger partial charge in [0.2, 0.25) is 0 Å². The molecule has 0 spiro atoms. The van der Waals surface area contributed by atoms with E-state index in [4.69, 9.17) is 9.47 Å². The summed E-state index contributed by atoms with van der Waals surface area (Å²) in [6, 6.07) is 15.2. The first-order valence-corrected chi connectivity index (χ1v) is 7.88. The van der Waals surface area contributed by atoms with Gasteiger partial charge in [-0.05, 0) is 35.4 Å². The third-order valence-corrected chi connectivity index (χ3v) is 3.57. The van der Waals surface area contributed by atoms with Crippen molar-refractivity contribution in [3.63, 3.8) is 0 Å². The number of ketones is 1. The molecule has 0 fully saturated rings. The highest BCUT2D eigenvalue weighted by Gasteiger charge is 2.03. The maximum Gasteiger partial charge on any atom is 0.185 e. The number of hydrogen-bond donors (Lipinski definition) is 1. The van der Waals surface area contributed by atoms with Crippen LogP contribution in [0.1, 0.15) is 21.5 Å². The van der Waals surface area contributed by atoms with Gasteiger partial charge >= 0.3 is 0 Å². The van der Waals surface area contributed by atoms with E-state index in [1.807, 2.05) is 54.6 Å². The van der Waals surface area contributed by atoms with Gasteiger partial charge in [-0.3, -0.25) is 4.79 Å². The summed E-state index contributed by atoms with van der Waals surface area (Å²) in [4.78, 5) is 12.3. The zero-order chi connectivity index (χ0) is 17.2. The van der Waals surface area contributed by atoms with Crippen molar-refractivity contribution in [2.24, 2.45) is 0 Å². The van der Waals surface area contributed by atoms with E-state index in [1.54, 1.807) is 20.3 Å². The van der Waals surface area contributed by atoms with Gasteiger partial charge in [-0.25, -0.2) is 0 Å². The van der Waals surface area contributed by atoms with Crippen LogP contribution in [-0.4, -0.2) is 33.2 Å². The fourth-order valence-electron chi connectivity index (χ4n) is 2.22. The number of allylic oxidation sites excluding steroid dienone is 1. The van der Waals surface area contributed by atoms with Crippen LogP contribution in [0.25, 0.3) is 6.08 Å². The Balaban J connectivity index is 1.96. The fourth-order valence-corrected chi connectivity index (χ4v) is 2.22. The van der Waals surface area contributed by atoms with E-state index in [0.717, 1.165) is 23.4 Å². The average molecular weight is 325 g/mol. The van der Waals surface area contributed by atoms with Crippen LogP contribution in [0.4, 0.5) is 0 Å². The van der Waals surface area contributed by atoms with Crippen molar-refractivity contribution in [1.29, 1.82) is 0 Å². The third-order valence-electron chi connectivity index (χ3n) is 3.57. The average Bonchev–Trinajstić information content (AvgIpc) is 2.64. The van der Waals surface area contributed by atoms with Gasteiger partial charge in [0.05, 0.1) is 13.7 Å². The van der Waals surface area contributed by atoms with Crippen LogP contribution >= 0.6 is 0 Å². The number of rotatable bonds is 9. The SMILES string of the molecule is COCCNCc1cccc(C(=O)C=Cc2ccc(OC)cc2)c1. The van der Waals surface area contributed by atoms with E-state index in [1.165, 1.54) is 0 Å². The van der Waals surface area contributed by atoms with Crippen LogP contribution in [0.2, 0.25) is 0 Å². The number of carbonyl (C=O) groups excluding carboxylic acids is 1. The molecule has 4 heteroatoms. The number of carbonyl (C=O) groups is 1. The highest BCUT2D eigenvalue weighted by atomic mass is 16.5. The molecular formula is C20H23NO3. The first kappa shape index (κ1) is 17.9. The molecule has 2 aromatic rings. The van der Waals surface area contributed by atoms with Crippen LogP contribution in [0, 0.1) is 0 Å². The first-order chi connectivity index (χ1) is 11.7. The quantitative estimate of drug-likeness (QED) is 0.436. The van der Waals surface area contributed by atoms with Crippen molar-refractivity contribution < 1.29 is 14.3 Å². The molecule has 0 saturated carbocycles. The summed E-state index contributed by atoms with van der Waals surface area (Å²) in [6.07, 6.45) is 3.41. The molecule has 0 amide bonds. The lowest BCUT2D eigenvalue weighted by molar-refractivity contribution is 0.104. The molecule has 2 aromatic carbocycles. The summed E-state index contributed by atoms with van der Waals surface area (Å²) in [5, 5.41) is 3.27. The molecule has 24 heavy (non-hydrogen) atoms. The molecule has 1 N–H and O–H groups in total. The zero-order valence-corrected chi connectivity index (χ0v) is 14.1. The van der Waals surface area contributed by atoms with Crippen LogP contribution in [0.3, 0.4) is 0 Å². The molecule has 0 bridgehead atoms. The fraction of sp³-hybridized carbons (Fsp3) is 0.250. The van der Waals surface area contributed by atoms with Gasteiger partial charge < -0.3 is 14.8 Å². The second-order valence-corrected chi connectivity index (χ2v) is 5.34. The molecule has 126 valence electrons. The lowest BCUT2D eigenvalue weighted by atomic mass is 10.1. The molecule has 0 aliphatic carbocycles. The van der Waals surface area contributed by atoms with E-state index >= 15 is 0 Å². The Morgan fingerprint density at radius 2 is 1.92 bits per heavy atom. The van der Waals surface area contributed by atoms with Gasteiger partial charge in [-0.2, -0.15) is 0 Å². The molecule has 2 rings (SSSR count). The van der Waals surface area contributed by atoms with Gasteiger partial charge in [-0.15, -0.1) is 0 Å².